The number of piperidine rings is 1. The highest BCUT2D eigenvalue weighted by atomic mass is 16.5. The molecule has 4 heteroatoms. The normalized spacial score (nSPS) is 15.4. The lowest BCUT2D eigenvalue weighted by molar-refractivity contribution is -0.127. The van der Waals surface area contributed by atoms with Gasteiger partial charge in [-0.25, -0.2) is 0 Å². The topological polar surface area (TPSA) is 53.3 Å². The number of ether oxygens (including phenoxy) is 1. The summed E-state index contributed by atoms with van der Waals surface area (Å²) in [6.45, 7) is 4.05. The highest BCUT2D eigenvalue weighted by Gasteiger charge is 2.20. The van der Waals surface area contributed by atoms with Gasteiger partial charge >= 0.3 is 0 Å². The van der Waals surface area contributed by atoms with E-state index in [2.05, 4.69) is 0 Å². The van der Waals surface area contributed by atoms with Crippen LogP contribution >= 0.6 is 0 Å². The summed E-state index contributed by atoms with van der Waals surface area (Å²) < 4.78 is 5.37. The largest absolute Gasteiger partial charge is 0.494 e. The summed E-state index contributed by atoms with van der Waals surface area (Å²) in [4.78, 5) is 14.1. The molecule has 1 saturated heterocycles. The monoisotopic (exact) mass is 284 g/mol. The molecule has 0 aromatic heterocycles. The number of nitriles is 1. The highest BCUT2D eigenvalue weighted by Crippen LogP contribution is 2.17. The number of carbonyl (C=O) groups excluding carboxylic acids is 1. The van der Waals surface area contributed by atoms with Crippen molar-refractivity contribution in [1.29, 1.82) is 5.26 Å². The van der Waals surface area contributed by atoms with Gasteiger partial charge in [-0.15, -0.1) is 0 Å². The van der Waals surface area contributed by atoms with Crippen LogP contribution in [0.3, 0.4) is 0 Å². The molecule has 1 aliphatic rings. The number of nitrogens with zero attached hydrogens (tertiary/aromatic N) is 2. The lowest BCUT2D eigenvalue weighted by Crippen LogP contribution is -2.36. The van der Waals surface area contributed by atoms with Gasteiger partial charge < -0.3 is 9.64 Å². The lowest BCUT2D eigenvalue weighted by Gasteiger charge is -2.26. The second-order valence-corrected chi connectivity index (χ2v) is 5.02. The zero-order chi connectivity index (χ0) is 15.1. The molecule has 0 N–H and O–H groups in total. The van der Waals surface area contributed by atoms with Crippen LogP contribution in [0.2, 0.25) is 0 Å². The van der Waals surface area contributed by atoms with Crippen molar-refractivity contribution in [1.82, 2.24) is 4.90 Å². The molecule has 1 aromatic rings. The van der Waals surface area contributed by atoms with Crippen LogP contribution in [0.1, 0.15) is 31.7 Å². The Morgan fingerprint density at radius 1 is 1.29 bits per heavy atom. The van der Waals surface area contributed by atoms with Gasteiger partial charge in [-0.2, -0.15) is 5.26 Å². The van der Waals surface area contributed by atoms with Gasteiger partial charge in [0.25, 0.3) is 5.91 Å². The predicted molar refractivity (Wildman–Crippen MR) is 81.6 cm³/mol. The average molecular weight is 284 g/mol. The van der Waals surface area contributed by atoms with E-state index in [1.165, 1.54) is 0 Å². The molecule has 1 aliphatic heterocycles. The highest BCUT2D eigenvalue weighted by molar-refractivity contribution is 6.01. The Hall–Kier alpha value is -2.28. The molecular weight excluding hydrogens is 264 g/mol. The van der Waals surface area contributed by atoms with Crippen molar-refractivity contribution in [3.63, 3.8) is 0 Å². The number of hydrogen-bond donors (Lipinski definition) is 0. The van der Waals surface area contributed by atoms with Gasteiger partial charge in [0, 0.05) is 13.1 Å². The Bertz CT molecular complexity index is 549. The Morgan fingerprint density at radius 3 is 2.52 bits per heavy atom. The molecule has 0 aliphatic carbocycles. The summed E-state index contributed by atoms with van der Waals surface area (Å²) in [6.07, 6.45) is 4.85. The van der Waals surface area contributed by atoms with Crippen molar-refractivity contribution in [2.75, 3.05) is 19.7 Å². The molecule has 0 saturated carbocycles. The molecular formula is C17H20N2O2. The molecule has 110 valence electrons. The second-order valence-electron chi connectivity index (χ2n) is 5.02. The minimum atomic E-state index is -0.161. The van der Waals surface area contributed by atoms with Gasteiger partial charge in [0.15, 0.2) is 0 Å². The molecule has 4 nitrogen and oxygen atoms in total. The van der Waals surface area contributed by atoms with Crippen molar-refractivity contribution < 1.29 is 9.53 Å². The first-order valence-corrected chi connectivity index (χ1v) is 7.38. The van der Waals surface area contributed by atoms with Gasteiger partial charge in [-0.1, -0.05) is 12.1 Å². The van der Waals surface area contributed by atoms with Crippen LogP contribution in [-0.2, 0) is 4.79 Å². The van der Waals surface area contributed by atoms with E-state index in [1.54, 1.807) is 11.0 Å². The maximum atomic E-state index is 12.3. The fraction of sp³-hybridized carbons (Fsp3) is 0.412. The van der Waals surface area contributed by atoms with E-state index < -0.39 is 0 Å². The van der Waals surface area contributed by atoms with Gasteiger partial charge in [-0.3, -0.25) is 4.79 Å². The van der Waals surface area contributed by atoms with Gasteiger partial charge in [0.2, 0.25) is 0 Å². The number of hydrogen-bond acceptors (Lipinski definition) is 3. The molecule has 21 heavy (non-hydrogen) atoms. The Labute approximate surface area is 125 Å². The third-order valence-electron chi connectivity index (χ3n) is 3.50. The molecule has 0 spiro atoms. The Morgan fingerprint density at radius 2 is 1.95 bits per heavy atom. The van der Waals surface area contributed by atoms with Crippen LogP contribution < -0.4 is 4.74 Å². The third-order valence-corrected chi connectivity index (χ3v) is 3.50. The first-order valence-electron chi connectivity index (χ1n) is 7.38. The fourth-order valence-corrected chi connectivity index (χ4v) is 2.40. The zero-order valence-corrected chi connectivity index (χ0v) is 12.3. The van der Waals surface area contributed by atoms with Crippen LogP contribution in [0.5, 0.6) is 5.75 Å². The van der Waals surface area contributed by atoms with Gasteiger partial charge in [0.1, 0.15) is 17.4 Å². The molecule has 0 bridgehead atoms. The number of rotatable bonds is 4. The van der Waals surface area contributed by atoms with E-state index in [0.29, 0.717) is 6.61 Å². The average Bonchev–Trinajstić information content (AvgIpc) is 2.54. The molecule has 1 heterocycles. The smallest absolute Gasteiger partial charge is 0.264 e. The van der Waals surface area contributed by atoms with E-state index in [4.69, 9.17) is 4.74 Å². The quantitative estimate of drug-likeness (QED) is 0.631. The number of likely N-dealkylation sites (tertiary alicyclic amines) is 1. The number of benzene rings is 1. The minimum absolute atomic E-state index is 0.161. The molecule has 1 amide bonds. The van der Waals surface area contributed by atoms with E-state index in [-0.39, 0.29) is 11.5 Å². The molecule has 2 rings (SSSR count). The van der Waals surface area contributed by atoms with E-state index in [1.807, 2.05) is 37.3 Å². The lowest BCUT2D eigenvalue weighted by atomic mass is 10.1. The second kappa shape index (κ2) is 7.49. The minimum Gasteiger partial charge on any atom is -0.494 e. The number of carbonyl (C=O) groups is 1. The summed E-state index contributed by atoms with van der Waals surface area (Å²) in [5.41, 5.74) is 1.03. The first-order chi connectivity index (χ1) is 10.2. The van der Waals surface area contributed by atoms with Crippen molar-refractivity contribution >= 4 is 12.0 Å². The van der Waals surface area contributed by atoms with Crippen LogP contribution in [0.4, 0.5) is 0 Å². The van der Waals surface area contributed by atoms with Crippen molar-refractivity contribution in [3.05, 3.63) is 35.4 Å². The number of amides is 1. The molecule has 0 unspecified atom stereocenters. The van der Waals surface area contributed by atoms with Crippen molar-refractivity contribution in [2.24, 2.45) is 0 Å². The van der Waals surface area contributed by atoms with Crippen LogP contribution in [0.25, 0.3) is 6.08 Å². The van der Waals surface area contributed by atoms with Gasteiger partial charge in [0.05, 0.1) is 6.61 Å². The summed E-state index contributed by atoms with van der Waals surface area (Å²) in [5, 5.41) is 9.24. The van der Waals surface area contributed by atoms with Gasteiger partial charge in [-0.05, 0) is 50.0 Å². The summed E-state index contributed by atoms with van der Waals surface area (Å²) >= 11 is 0. The van der Waals surface area contributed by atoms with Crippen LogP contribution in [-0.4, -0.2) is 30.5 Å². The van der Waals surface area contributed by atoms with Crippen molar-refractivity contribution in [2.45, 2.75) is 26.2 Å². The van der Waals surface area contributed by atoms with Crippen LogP contribution in [0, 0.1) is 11.3 Å². The standard InChI is InChI=1S/C17H20N2O2/c1-2-21-16-8-6-14(7-9-16)12-15(13-18)17(20)19-10-4-3-5-11-19/h6-9,12H,2-5,10-11H2,1H3. The Balaban J connectivity index is 2.12. The zero-order valence-electron chi connectivity index (χ0n) is 12.3. The third kappa shape index (κ3) is 4.09. The Kier molecular flexibility index (Phi) is 5.39. The van der Waals surface area contributed by atoms with E-state index in [9.17, 15) is 10.1 Å². The first kappa shape index (κ1) is 15.1. The summed E-state index contributed by atoms with van der Waals surface area (Å²) in [7, 11) is 0. The molecule has 0 atom stereocenters. The molecule has 1 aromatic carbocycles. The predicted octanol–water partition coefficient (Wildman–Crippen LogP) is 3.00. The fourth-order valence-electron chi connectivity index (χ4n) is 2.40. The van der Waals surface area contributed by atoms with E-state index >= 15 is 0 Å². The van der Waals surface area contributed by atoms with Crippen LogP contribution in [0.15, 0.2) is 29.8 Å². The maximum absolute atomic E-state index is 12.3. The van der Waals surface area contributed by atoms with E-state index in [0.717, 1.165) is 43.7 Å². The van der Waals surface area contributed by atoms with Crippen molar-refractivity contribution in [3.8, 4) is 11.8 Å². The molecule has 0 radical (unpaired) electrons. The maximum Gasteiger partial charge on any atom is 0.264 e. The summed E-state index contributed by atoms with van der Waals surface area (Å²) in [6, 6.07) is 9.42. The SMILES string of the molecule is CCOc1ccc(C=C(C#N)C(=O)N2CCCCC2)cc1. The molecule has 1 fully saturated rings. The summed E-state index contributed by atoms with van der Waals surface area (Å²) in [5.74, 6) is 0.626.